The molecule has 0 radical (unpaired) electrons. The number of carboxylic acid groups (broad SMARTS) is 1. The van der Waals surface area contributed by atoms with Crippen molar-refractivity contribution in [1.82, 2.24) is 19.9 Å². The predicted octanol–water partition coefficient (Wildman–Crippen LogP) is 0.261. The largest absolute Gasteiger partial charge is 0.476 e. The number of hydrogen-bond donors (Lipinski definition) is 3. The fraction of sp³-hybridized carbons (Fsp3) is 0.200. The Hall–Kier alpha value is -2.49. The highest BCUT2D eigenvalue weighted by Gasteiger charge is 2.22. The number of hydrogen-bond acceptors (Lipinski definition) is 6. The summed E-state index contributed by atoms with van der Waals surface area (Å²) < 4.78 is 26.2. The van der Waals surface area contributed by atoms with Crippen LogP contribution in [-0.2, 0) is 16.4 Å². The van der Waals surface area contributed by atoms with E-state index in [1.54, 1.807) is 0 Å². The number of anilines is 1. The maximum atomic E-state index is 12.1. The Bertz CT molecular complexity index is 740. The summed E-state index contributed by atoms with van der Waals surface area (Å²) in [5, 5.41) is 8.75. The van der Waals surface area contributed by atoms with E-state index < -0.39 is 21.7 Å². The van der Waals surface area contributed by atoms with Gasteiger partial charge < -0.3 is 10.1 Å². The van der Waals surface area contributed by atoms with Gasteiger partial charge in [-0.2, -0.15) is 8.42 Å². The molecule has 2 aromatic rings. The number of aromatic amines is 1. The smallest absolute Gasteiger partial charge is 0.358 e. The molecule has 0 amide bonds. The zero-order chi connectivity index (χ0) is 14.8. The number of aryl methyl sites for hydroxylation is 1. The Labute approximate surface area is 114 Å². The van der Waals surface area contributed by atoms with Gasteiger partial charge in [-0.25, -0.2) is 19.7 Å². The molecule has 0 aliphatic heterocycles. The van der Waals surface area contributed by atoms with Crippen LogP contribution in [0.25, 0.3) is 0 Å². The van der Waals surface area contributed by atoms with Crippen LogP contribution < -0.4 is 4.72 Å². The first-order valence-electron chi connectivity index (χ1n) is 5.55. The average Bonchev–Trinajstić information content (AvgIpc) is 2.88. The van der Waals surface area contributed by atoms with Gasteiger partial charge in [-0.05, 0) is 0 Å². The van der Waals surface area contributed by atoms with Crippen molar-refractivity contribution < 1.29 is 18.3 Å². The van der Waals surface area contributed by atoms with Crippen LogP contribution in [0.3, 0.4) is 0 Å². The summed E-state index contributed by atoms with van der Waals surface area (Å²) in [6.45, 7) is 1.81. The van der Waals surface area contributed by atoms with Gasteiger partial charge in [0.15, 0.2) is 16.5 Å². The lowest BCUT2D eigenvalue weighted by Crippen LogP contribution is -2.18. The van der Waals surface area contributed by atoms with Crippen LogP contribution in [0.15, 0.2) is 23.6 Å². The van der Waals surface area contributed by atoms with Gasteiger partial charge in [0, 0.05) is 18.8 Å². The molecule has 0 spiro atoms. The molecule has 0 unspecified atom stereocenters. The summed E-state index contributed by atoms with van der Waals surface area (Å²) in [4.78, 5) is 24.7. The SMILES string of the molecule is CCc1ncc(S(=O)(=O)Nc2nccnc2C(=O)O)[nH]1. The highest BCUT2D eigenvalue weighted by Crippen LogP contribution is 2.15. The van der Waals surface area contributed by atoms with E-state index in [0.717, 1.165) is 12.4 Å². The van der Waals surface area contributed by atoms with Crippen molar-refractivity contribution in [3.63, 3.8) is 0 Å². The van der Waals surface area contributed by atoms with Crippen molar-refractivity contribution >= 4 is 21.8 Å². The fourth-order valence-electron chi connectivity index (χ4n) is 1.41. The van der Waals surface area contributed by atoms with Crippen molar-refractivity contribution in [2.45, 2.75) is 18.4 Å². The van der Waals surface area contributed by atoms with Crippen molar-refractivity contribution in [2.75, 3.05) is 4.72 Å². The van der Waals surface area contributed by atoms with Crippen molar-refractivity contribution in [3.05, 3.63) is 30.1 Å². The molecule has 0 fully saturated rings. The van der Waals surface area contributed by atoms with E-state index in [1.807, 2.05) is 6.92 Å². The zero-order valence-electron chi connectivity index (χ0n) is 10.4. The van der Waals surface area contributed by atoms with E-state index >= 15 is 0 Å². The first kappa shape index (κ1) is 13.9. The molecule has 0 saturated carbocycles. The standard InChI is InChI=1S/C10H11N5O4S/c1-2-6-13-5-7(14-6)20(18,19)15-9-8(10(16)17)11-3-4-12-9/h3-5H,2H2,1H3,(H,12,15)(H,13,14)(H,16,17). The fourth-order valence-corrected chi connectivity index (χ4v) is 2.37. The van der Waals surface area contributed by atoms with Crippen LogP contribution in [0.5, 0.6) is 0 Å². The molecule has 20 heavy (non-hydrogen) atoms. The number of rotatable bonds is 5. The van der Waals surface area contributed by atoms with Gasteiger partial charge in [0.2, 0.25) is 0 Å². The Balaban J connectivity index is 2.36. The Morgan fingerprint density at radius 1 is 1.35 bits per heavy atom. The van der Waals surface area contributed by atoms with E-state index in [2.05, 4.69) is 24.7 Å². The second-order valence-corrected chi connectivity index (χ2v) is 5.36. The summed E-state index contributed by atoms with van der Waals surface area (Å²) in [6, 6.07) is 0. The normalized spacial score (nSPS) is 11.2. The number of nitrogens with one attached hydrogen (secondary N) is 2. The minimum atomic E-state index is -3.99. The molecule has 9 nitrogen and oxygen atoms in total. The van der Waals surface area contributed by atoms with Gasteiger partial charge in [0.1, 0.15) is 5.82 Å². The number of nitrogens with zero attached hydrogens (tertiary/aromatic N) is 3. The summed E-state index contributed by atoms with van der Waals surface area (Å²) in [5.41, 5.74) is -0.480. The highest BCUT2D eigenvalue weighted by atomic mass is 32.2. The minimum Gasteiger partial charge on any atom is -0.476 e. The van der Waals surface area contributed by atoms with E-state index in [1.165, 1.54) is 6.20 Å². The molecule has 2 aromatic heterocycles. The molecule has 0 aromatic carbocycles. The third-order valence-corrected chi connectivity index (χ3v) is 3.61. The summed E-state index contributed by atoms with van der Waals surface area (Å²) >= 11 is 0. The molecular formula is C10H11N5O4S. The number of aromatic carboxylic acids is 1. The van der Waals surface area contributed by atoms with Crippen LogP contribution in [0.4, 0.5) is 5.82 Å². The van der Waals surface area contributed by atoms with Gasteiger partial charge in [0.05, 0.1) is 6.20 Å². The molecule has 106 valence electrons. The topological polar surface area (TPSA) is 138 Å². The van der Waals surface area contributed by atoms with Gasteiger partial charge in [-0.1, -0.05) is 6.92 Å². The van der Waals surface area contributed by atoms with Crippen LogP contribution in [0.2, 0.25) is 0 Å². The lowest BCUT2D eigenvalue weighted by atomic mass is 10.4. The third-order valence-electron chi connectivity index (χ3n) is 2.36. The Morgan fingerprint density at radius 2 is 2.05 bits per heavy atom. The van der Waals surface area contributed by atoms with Crippen molar-refractivity contribution in [3.8, 4) is 0 Å². The number of aromatic nitrogens is 4. The second-order valence-electron chi connectivity index (χ2n) is 3.71. The lowest BCUT2D eigenvalue weighted by molar-refractivity contribution is 0.0691. The van der Waals surface area contributed by atoms with Crippen molar-refractivity contribution in [2.24, 2.45) is 0 Å². The molecular weight excluding hydrogens is 286 g/mol. The molecule has 2 heterocycles. The minimum absolute atomic E-state index is 0.170. The van der Waals surface area contributed by atoms with Gasteiger partial charge in [-0.15, -0.1) is 0 Å². The highest BCUT2D eigenvalue weighted by molar-refractivity contribution is 7.92. The number of imidazole rings is 1. The summed E-state index contributed by atoms with van der Waals surface area (Å²) in [7, 11) is -3.99. The monoisotopic (exact) mass is 297 g/mol. The van der Waals surface area contributed by atoms with Crippen LogP contribution in [0, 0.1) is 0 Å². The number of H-pyrrole nitrogens is 1. The lowest BCUT2D eigenvalue weighted by Gasteiger charge is -2.06. The van der Waals surface area contributed by atoms with E-state index in [-0.39, 0.29) is 10.8 Å². The van der Waals surface area contributed by atoms with Crippen LogP contribution in [0.1, 0.15) is 23.2 Å². The predicted molar refractivity (Wildman–Crippen MR) is 67.8 cm³/mol. The third kappa shape index (κ3) is 2.74. The molecule has 0 atom stereocenters. The summed E-state index contributed by atoms with van der Waals surface area (Å²) in [6.07, 6.45) is 4.04. The quantitative estimate of drug-likeness (QED) is 0.719. The van der Waals surface area contributed by atoms with Crippen LogP contribution in [-0.4, -0.2) is 39.4 Å². The zero-order valence-corrected chi connectivity index (χ0v) is 11.2. The molecule has 0 aliphatic rings. The maximum Gasteiger partial charge on any atom is 0.358 e. The molecule has 3 N–H and O–H groups in total. The molecule has 10 heteroatoms. The maximum absolute atomic E-state index is 12.1. The average molecular weight is 297 g/mol. The number of carboxylic acids is 1. The van der Waals surface area contributed by atoms with Crippen molar-refractivity contribution in [1.29, 1.82) is 0 Å². The van der Waals surface area contributed by atoms with Crippen LogP contribution >= 0.6 is 0 Å². The van der Waals surface area contributed by atoms with Gasteiger partial charge >= 0.3 is 5.97 Å². The number of carbonyl (C=O) groups is 1. The van der Waals surface area contributed by atoms with E-state index in [4.69, 9.17) is 5.11 Å². The number of sulfonamides is 1. The van der Waals surface area contributed by atoms with Gasteiger partial charge in [-0.3, -0.25) is 4.72 Å². The van der Waals surface area contributed by atoms with E-state index in [0.29, 0.717) is 12.2 Å². The Kier molecular flexibility index (Phi) is 3.66. The summed E-state index contributed by atoms with van der Waals surface area (Å²) in [5.74, 6) is -1.23. The first-order chi connectivity index (χ1) is 9.44. The molecule has 0 bridgehead atoms. The molecule has 0 saturated heterocycles. The molecule has 0 aliphatic carbocycles. The second kappa shape index (κ2) is 5.25. The van der Waals surface area contributed by atoms with Gasteiger partial charge in [0.25, 0.3) is 10.0 Å². The molecule has 2 rings (SSSR count). The first-order valence-corrected chi connectivity index (χ1v) is 7.03. The van der Waals surface area contributed by atoms with E-state index in [9.17, 15) is 13.2 Å². The Morgan fingerprint density at radius 3 is 2.65 bits per heavy atom.